The molecule has 0 unspecified atom stereocenters. The molecular weight excluding hydrogens is 231 g/mol. The van der Waals surface area contributed by atoms with E-state index in [-0.39, 0.29) is 10.8 Å². The molecule has 0 radical (unpaired) electrons. The van der Waals surface area contributed by atoms with Gasteiger partial charge in [-0.25, -0.2) is 4.39 Å². The summed E-state index contributed by atoms with van der Waals surface area (Å²) in [7, 11) is 1.31. The second-order valence-corrected chi connectivity index (χ2v) is 4.04. The average Bonchev–Trinajstić information content (AvgIpc) is 2.21. The lowest BCUT2D eigenvalue weighted by atomic mass is 9.80. The largest absolute Gasteiger partial charge is 0.471 e. The van der Waals surface area contributed by atoms with Crippen LogP contribution < -0.4 is 0 Å². The highest BCUT2D eigenvalue weighted by Gasteiger charge is 2.19. The third-order valence-corrected chi connectivity index (χ3v) is 2.92. The van der Waals surface area contributed by atoms with Crippen LogP contribution in [0.15, 0.2) is 18.2 Å². The van der Waals surface area contributed by atoms with Gasteiger partial charge in [-0.05, 0) is 36.5 Å². The van der Waals surface area contributed by atoms with Gasteiger partial charge < -0.3 is 4.74 Å². The third-order valence-electron chi connectivity index (χ3n) is 2.62. The van der Waals surface area contributed by atoms with Gasteiger partial charge in [-0.3, -0.25) is 4.79 Å². The smallest absolute Gasteiger partial charge is 0.292 e. The van der Waals surface area contributed by atoms with Crippen molar-refractivity contribution in [3.8, 4) is 0 Å². The molecule has 16 heavy (non-hydrogen) atoms. The molecule has 1 aliphatic rings. The van der Waals surface area contributed by atoms with Crippen molar-refractivity contribution in [1.82, 2.24) is 0 Å². The van der Waals surface area contributed by atoms with E-state index in [9.17, 15) is 4.39 Å². The van der Waals surface area contributed by atoms with Crippen molar-refractivity contribution in [2.24, 2.45) is 0 Å². The van der Waals surface area contributed by atoms with Gasteiger partial charge in [0, 0.05) is 0 Å². The fourth-order valence-corrected chi connectivity index (χ4v) is 1.63. The maximum atomic E-state index is 13.0. The Hall–Kier alpha value is -1.09. The van der Waals surface area contributed by atoms with Crippen LogP contribution in [0.3, 0.4) is 0 Å². The van der Waals surface area contributed by atoms with Gasteiger partial charge in [-0.1, -0.05) is 24.1 Å². The van der Waals surface area contributed by atoms with E-state index in [1.54, 1.807) is 12.1 Å². The number of ether oxygens (including phenoxy) is 1. The van der Waals surface area contributed by atoms with Crippen LogP contribution >= 0.6 is 11.6 Å². The number of hydrogen-bond donors (Lipinski definition) is 0. The summed E-state index contributed by atoms with van der Waals surface area (Å²) >= 11 is 5.57. The van der Waals surface area contributed by atoms with Crippen LogP contribution in [-0.4, -0.2) is 13.6 Å². The summed E-state index contributed by atoms with van der Waals surface area (Å²) in [5.74, 6) is 0.290. The van der Waals surface area contributed by atoms with Gasteiger partial charge in [0.05, 0.1) is 12.1 Å². The van der Waals surface area contributed by atoms with Gasteiger partial charge in [0.1, 0.15) is 5.82 Å². The van der Waals surface area contributed by atoms with Gasteiger partial charge >= 0.3 is 0 Å². The summed E-state index contributed by atoms with van der Waals surface area (Å²) in [6.07, 6.45) is 3.66. The third kappa shape index (κ3) is 3.49. The second-order valence-electron chi connectivity index (χ2n) is 3.63. The number of benzene rings is 1. The molecule has 1 aromatic carbocycles. The summed E-state index contributed by atoms with van der Waals surface area (Å²) in [6, 6.07) is 5.13. The van der Waals surface area contributed by atoms with Crippen LogP contribution in [0.1, 0.15) is 30.7 Å². The minimum atomic E-state index is -0.291. The van der Waals surface area contributed by atoms with E-state index in [4.69, 9.17) is 16.4 Å². The number of halogens is 2. The summed E-state index contributed by atoms with van der Waals surface area (Å²) in [4.78, 5) is 8.95. The van der Waals surface area contributed by atoms with Gasteiger partial charge in [0.25, 0.3) is 6.47 Å². The molecule has 0 spiro atoms. The molecule has 1 aliphatic carbocycles. The lowest BCUT2D eigenvalue weighted by Crippen LogP contribution is -2.08. The Bertz CT molecular complexity index is 351. The van der Waals surface area contributed by atoms with E-state index in [0.717, 1.165) is 5.56 Å². The van der Waals surface area contributed by atoms with E-state index >= 15 is 0 Å². The predicted molar refractivity (Wildman–Crippen MR) is 61.1 cm³/mol. The molecule has 4 heteroatoms. The predicted octanol–water partition coefficient (Wildman–Crippen LogP) is 3.54. The Kier molecular flexibility index (Phi) is 5.26. The fraction of sp³-hybridized carbons (Fsp3) is 0.417. The number of carbonyl (C=O) groups excluding carboxylic acids is 1. The van der Waals surface area contributed by atoms with E-state index in [2.05, 4.69) is 4.74 Å². The highest BCUT2D eigenvalue weighted by molar-refractivity contribution is 6.30. The van der Waals surface area contributed by atoms with Crippen molar-refractivity contribution < 1.29 is 13.9 Å². The van der Waals surface area contributed by atoms with E-state index in [0.29, 0.717) is 12.4 Å². The van der Waals surface area contributed by atoms with Crippen LogP contribution in [0.5, 0.6) is 0 Å². The van der Waals surface area contributed by atoms with Crippen molar-refractivity contribution in [2.75, 3.05) is 7.11 Å². The first-order valence-electron chi connectivity index (χ1n) is 5.10. The molecule has 0 N–H and O–H groups in total. The van der Waals surface area contributed by atoms with Crippen LogP contribution in [0, 0.1) is 5.82 Å². The Balaban J connectivity index is 0.000000280. The molecule has 1 saturated carbocycles. The monoisotopic (exact) mass is 244 g/mol. The Labute approximate surface area is 99.4 Å². The maximum absolute atomic E-state index is 13.0. The first-order chi connectivity index (χ1) is 7.69. The van der Waals surface area contributed by atoms with Crippen LogP contribution in [0.25, 0.3) is 0 Å². The SMILES string of the molecule is COC=O.Fc1cc(C2CCC2)ccc1Cl. The molecule has 0 atom stereocenters. The number of rotatable bonds is 2. The minimum absolute atomic E-state index is 0.220. The molecule has 1 fully saturated rings. The standard InChI is InChI=1S/C10H10ClF.C2H4O2/c11-9-5-4-8(6-10(9)12)7-2-1-3-7;1-4-2-3/h4-7H,1-3H2;2H,1H3. The van der Waals surface area contributed by atoms with Gasteiger partial charge in [-0.2, -0.15) is 0 Å². The van der Waals surface area contributed by atoms with Crippen molar-refractivity contribution >= 4 is 18.1 Å². The number of hydrogen-bond acceptors (Lipinski definition) is 2. The molecule has 88 valence electrons. The van der Waals surface area contributed by atoms with Crippen LogP contribution in [-0.2, 0) is 9.53 Å². The second kappa shape index (κ2) is 6.48. The quantitative estimate of drug-likeness (QED) is 0.744. The first-order valence-corrected chi connectivity index (χ1v) is 5.48. The zero-order valence-electron chi connectivity index (χ0n) is 9.08. The normalized spacial score (nSPS) is 14.4. The number of carbonyl (C=O) groups is 1. The minimum Gasteiger partial charge on any atom is -0.471 e. The highest BCUT2D eigenvalue weighted by Crippen LogP contribution is 2.37. The average molecular weight is 245 g/mol. The van der Waals surface area contributed by atoms with Gasteiger partial charge in [0.2, 0.25) is 0 Å². The zero-order chi connectivity index (χ0) is 12.0. The number of methoxy groups -OCH3 is 1. The molecule has 0 saturated heterocycles. The molecular formula is C12H14ClFO2. The lowest BCUT2D eigenvalue weighted by molar-refractivity contribution is -0.126. The summed E-state index contributed by atoms with van der Waals surface area (Å²) in [6.45, 7) is 0.375. The molecule has 2 nitrogen and oxygen atoms in total. The highest BCUT2D eigenvalue weighted by atomic mass is 35.5. The molecule has 2 rings (SSSR count). The summed E-state index contributed by atoms with van der Waals surface area (Å²) < 4.78 is 16.8. The Morgan fingerprint density at radius 2 is 2.12 bits per heavy atom. The summed E-state index contributed by atoms with van der Waals surface area (Å²) in [5, 5.41) is 0.220. The van der Waals surface area contributed by atoms with E-state index < -0.39 is 0 Å². The molecule has 0 bridgehead atoms. The Morgan fingerprint density at radius 1 is 1.50 bits per heavy atom. The van der Waals surface area contributed by atoms with Gasteiger partial charge in [0.15, 0.2) is 0 Å². The van der Waals surface area contributed by atoms with Crippen molar-refractivity contribution in [3.05, 3.63) is 34.6 Å². The topological polar surface area (TPSA) is 26.3 Å². The van der Waals surface area contributed by atoms with Crippen LogP contribution in [0.4, 0.5) is 4.39 Å². The molecule has 1 aromatic rings. The zero-order valence-corrected chi connectivity index (χ0v) is 9.84. The van der Waals surface area contributed by atoms with E-state index in [1.807, 2.05) is 6.07 Å². The summed E-state index contributed by atoms with van der Waals surface area (Å²) in [5.41, 5.74) is 1.10. The van der Waals surface area contributed by atoms with Crippen molar-refractivity contribution in [1.29, 1.82) is 0 Å². The van der Waals surface area contributed by atoms with Gasteiger partial charge in [-0.15, -0.1) is 0 Å². The molecule has 0 amide bonds. The van der Waals surface area contributed by atoms with Crippen molar-refractivity contribution in [3.63, 3.8) is 0 Å². The Morgan fingerprint density at radius 3 is 2.50 bits per heavy atom. The van der Waals surface area contributed by atoms with Crippen molar-refractivity contribution in [2.45, 2.75) is 25.2 Å². The van der Waals surface area contributed by atoms with Crippen LogP contribution in [0.2, 0.25) is 5.02 Å². The maximum Gasteiger partial charge on any atom is 0.292 e. The molecule has 0 aliphatic heterocycles. The lowest BCUT2D eigenvalue weighted by Gasteiger charge is -2.25. The fourth-order valence-electron chi connectivity index (χ4n) is 1.51. The molecule has 0 heterocycles. The first kappa shape index (κ1) is 13.0. The van der Waals surface area contributed by atoms with E-state index in [1.165, 1.54) is 26.4 Å². The molecule has 0 aromatic heterocycles.